The van der Waals surface area contributed by atoms with Crippen LogP contribution in [-0.2, 0) is 70.4 Å². The van der Waals surface area contributed by atoms with Gasteiger partial charge in [-0.2, -0.15) is 11.8 Å². The molecule has 2 aromatic carbocycles. The number of phenols is 1. The molecule has 32 heteroatoms. The lowest BCUT2D eigenvalue weighted by atomic mass is 10.0. The van der Waals surface area contributed by atoms with E-state index in [0.717, 1.165) is 0 Å². The number of rotatable bonds is 41. The van der Waals surface area contributed by atoms with Crippen molar-refractivity contribution in [3.63, 3.8) is 0 Å². The second-order valence-electron chi connectivity index (χ2n) is 22.1. The summed E-state index contributed by atoms with van der Waals surface area (Å²) >= 11 is 1.25. The summed E-state index contributed by atoms with van der Waals surface area (Å²) in [4.78, 5) is 168. The van der Waals surface area contributed by atoms with Gasteiger partial charge in [-0.05, 0) is 118 Å². The lowest BCUT2D eigenvalue weighted by molar-refractivity contribution is -0.145. The van der Waals surface area contributed by atoms with E-state index in [1.807, 2.05) is 0 Å². The zero-order valence-electron chi connectivity index (χ0n) is 50.9. The number of thioether (sulfide) groups is 1. The minimum atomic E-state index is -1.91. The van der Waals surface area contributed by atoms with Crippen molar-refractivity contribution in [2.24, 2.45) is 39.6 Å². The van der Waals surface area contributed by atoms with Gasteiger partial charge in [-0.3, -0.25) is 57.7 Å². The molecule has 90 heavy (non-hydrogen) atoms. The summed E-state index contributed by atoms with van der Waals surface area (Å²) in [5, 5.41) is 59.7. The Kier molecular flexibility index (Phi) is 33.1. The average molecular weight is 1280 g/mol. The minimum Gasteiger partial charge on any atom is -0.508 e. The summed E-state index contributed by atoms with van der Waals surface area (Å²) in [6.07, 6.45) is 0.595. The molecule has 1 aliphatic rings. The van der Waals surface area contributed by atoms with Crippen molar-refractivity contribution in [3.8, 4) is 5.75 Å². The third-order valence-corrected chi connectivity index (χ3v) is 15.0. The fourth-order valence-electron chi connectivity index (χ4n) is 9.57. The smallest absolute Gasteiger partial charge is 0.326 e. The van der Waals surface area contributed by atoms with Crippen LogP contribution in [0.1, 0.15) is 102 Å². The number of carbonyl (C=O) groups is 12. The van der Waals surface area contributed by atoms with Crippen molar-refractivity contribution in [3.05, 3.63) is 65.7 Å². The highest BCUT2D eigenvalue weighted by Gasteiger charge is 2.41. The topological polar surface area (TPSA) is 528 Å². The Morgan fingerprint density at radius 2 is 1.14 bits per heavy atom. The maximum absolute atomic E-state index is 14.3. The molecular formula is C58H89N15O16S. The van der Waals surface area contributed by atoms with Crippen molar-refractivity contribution in [1.29, 1.82) is 0 Å². The molecule has 1 aliphatic heterocycles. The van der Waals surface area contributed by atoms with Gasteiger partial charge in [-0.15, -0.1) is 0 Å². The molecule has 0 bridgehead atoms. The predicted molar refractivity (Wildman–Crippen MR) is 331 cm³/mol. The number of primary amides is 1. The third kappa shape index (κ3) is 27.0. The van der Waals surface area contributed by atoms with E-state index in [0.29, 0.717) is 24.0 Å². The first-order chi connectivity index (χ1) is 42.7. The van der Waals surface area contributed by atoms with Crippen LogP contribution in [0.3, 0.4) is 0 Å². The van der Waals surface area contributed by atoms with Crippen LogP contribution in [0.4, 0.5) is 0 Å². The second-order valence-corrected chi connectivity index (χ2v) is 23.1. The van der Waals surface area contributed by atoms with Crippen LogP contribution in [0.5, 0.6) is 5.75 Å². The van der Waals surface area contributed by atoms with E-state index in [9.17, 15) is 78.0 Å². The van der Waals surface area contributed by atoms with Crippen LogP contribution in [0.2, 0.25) is 0 Å². The number of carboxylic acid groups (broad SMARTS) is 2. The van der Waals surface area contributed by atoms with Gasteiger partial charge in [0, 0.05) is 25.9 Å². The Morgan fingerprint density at radius 1 is 0.622 bits per heavy atom. The largest absolute Gasteiger partial charge is 0.508 e. The SMILES string of the molecule is CSCC[C@H](NC(=O)[C@H](CC(=O)O)NC(=O)[C@H](CCCCN)NC(=O)[C@H](Cc1ccccc1)NC(=O)[C@H](CO)NC(=O)[C@@H](N)Cc1ccc(O)cc1)C(=O)N[C@@H](CCC(N)=O)C(=O)N[C@@H](CC(C)C)C(=O)N1CCC[C@H]1C(=O)N[C@@H](CCCN=C(N)N)C(=O)O. The first kappa shape index (κ1) is 75.6. The van der Waals surface area contributed by atoms with Gasteiger partial charge in [0.05, 0.1) is 19.1 Å². The van der Waals surface area contributed by atoms with Gasteiger partial charge < -0.3 is 96.5 Å². The van der Waals surface area contributed by atoms with Crippen LogP contribution in [0, 0.1) is 5.92 Å². The highest BCUT2D eigenvalue weighted by Crippen LogP contribution is 2.22. The molecule has 0 radical (unpaired) electrons. The van der Waals surface area contributed by atoms with E-state index >= 15 is 0 Å². The molecule has 0 unspecified atom stereocenters. The first-order valence-electron chi connectivity index (χ1n) is 29.6. The summed E-state index contributed by atoms with van der Waals surface area (Å²) in [6.45, 7) is 2.93. The number of carbonyl (C=O) groups excluding carboxylic acids is 10. The number of nitrogens with two attached hydrogens (primary N) is 5. The van der Waals surface area contributed by atoms with E-state index < -0.39 is 157 Å². The van der Waals surface area contributed by atoms with Crippen LogP contribution in [-0.4, -0.2) is 201 Å². The van der Waals surface area contributed by atoms with Crippen molar-refractivity contribution >= 4 is 88.7 Å². The molecule has 2 aromatic rings. The summed E-state index contributed by atoms with van der Waals surface area (Å²) in [5.74, 6) is -12.4. The molecule has 498 valence electrons. The van der Waals surface area contributed by atoms with Crippen molar-refractivity contribution in [2.45, 2.75) is 164 Å². The van der Waals surface area contributed by atoms with Gasteiger partial charge in [-0.25, -0.2) is 4.79 Å². The standard InChI is InChI=1S/C58H89N15O16S/c1-32(2)27-43(56(87)73-25-10-15-45(73)55(86)68-40(57(88)89)14-9-24-64-58(62)63)71-50(81)38(20-21-46(61)76)66-51(82)39(22-26-90-3)67-53(84)42(30-47(77)78)70-49(80)37(13-7-8-23-59)65-52(83)41(29-33-11-5-4-6-12-33)69-54(85)44(31-74)72-48(79)36(60)28-34-16-18-35(75)19-17-34/h4-6,11-12,16-19,32,36-45,74-75H,7-10,13-15,20-31,59-60H2,1-3H3,(H2,61,76)(H,65,83)(H,66,82)(H,67,84)(H,68,86)(H,69,85)(H,70,80)(H,71,81)(H,72,79)(H,77,78)(H,88,89)(H4,62,63,64)/t36-,37-,38-,39-,40-,41-,42-,43-,44-,45-/m0/s1. The number of aliphatic carboxylic acids is 2. The average Bonchev–Trinajstić information content (AvgIpc) is 2.72. The molecule has 0 aliphatic carbocycles. The number of aliphatic hydroxyl groups excluding tert-OH is 1. The van der Waals surface area contributed by atoms with Gasteiger partial charge >= 0.3 is 11.9 Å². The molecule has 1 heterocycles. The number of nitrogens with zero attached hydrogens (tertiary/aromatic N) is 2. The van der Waals surface area contributed by atoms with Gasteiger partial charge in [0.1, 0.15) is 60.1 Å². The number of aliphatic imine (C=N–C) groups is 1. The first-order valence-corrected chi connectivity index (χ1v) is 31.0. The molecule has 0 aromatic heterocycles. The number of nitrogens with one attached hydrogen (secondary N) is 8. The number of unbranched alkanes of at least 4 members (excludes halogenated alkanes) is 1. The highest BCUT2D eigenvalue weighted by molar-refractivity contribution is 7.98. The number of benzene rings is 2. The quantitative estimate of drug-likeness (QED) is 0.0172. The Bertz CT molecular complexity index is 2780. The molecule has 1 fully saturated rings. The number of aliphatic hydroxyl groups is 1. The number of hydrogen-bond donors (Lipinski definition) is 17. The Morgan fingerprint density at radius 3 is 1.70 bits per heavy atom. The van der Waals surface area contributed by atoms with Crippen LogP contribution in [0.25, 0.3) is 0 Å². The minimum absolute atomic E-state index is 0.00567. The van der Waals surface area contributed by atoms with E-state index in [1.54, 1.807) is 62.6 Å². The van der Waals surface area contributed by atoms with Crippen molar-refractivity contribution in [2.75, 3.05) is 38.2 Å². The summed E-state index contributed by atoms with van der Waals surface area (Å²) in [5.41, 5.74) is 29.2. The molecule has 3 rings (SSSR count). The number of hydrogen-bond acceptors (Lipinski definition) is 18. The zero-order valence-corrected chi connectivity index (χ0v) is 51.7. The second kappa shape index (κ2) is 39.4. The lowest BCUT2D eigenvalue weighted by Crippen LogP contribution is -2.61. The van der Waals surface area contributed by atoms with Crippen LogP contribution >= 0.6 is 11.8 Å². The van der Waals surface area contributed by atoms with Gasteiger partial charge in [0.15, 0.2) is 5.96 Å². The maximum Gasteiger partial charge on any atom is 0.326 e. The molecular weight excluding hydrogens is 1190 g/mol. The molecule has 31 nitrogen and oxygen atoms in total. The van der Waals surface area contributed by atoms with Gasteiger partial charge in [0.2, 0.25) is 59.1 Å². The molecule has 1 saturated heterocycles. The lowest BCUT2D eigenvalue weighted by Gasteiger charge is -2.31. The molecule has 22 N–H and O–H groups in total. The fraction of sp³-hybridized carbons (Fsp3) is 0.569. The van der Waals surface area contributed by atoms with Crippen LogP contribution in [0.15, 0.2) is 59.6 Å². The van der Waals surface area contributed by atoms with E-state index in [1.165, 1.54) is 28.8 Å². The van der Waals surface area contributed by atoms with E-state index in [4.69, 9.17) is 28.7 Å². The summed E-state index contributed by atoms with van der Waals surface area (Å²) in [6, 6.07) is -0.418. The van der Waals surface area contributed by atoms with Gasteiger partial charge in [-0.1, -0.05) is 56.3 Å². The molecule has 10 amide bonds. The normalized spacial score (nSPS) is 15.8. The van der Waals surface area contributed by atoms with Crippen molar-refractivity contribution < 1.29 is 78.0 Å². The fourth-order valence-corrected chi connectivity index (χ4v) is 10.0. The Hall–Kier alpha value is -8.62. The number of likely N-dealkylation sites (tertiary alicyclic amines) is 1. The zero-order chi connectivity index (χ0) is 67.0. The molecule has 0 saturated carbocycles. The Balaban J connectivity index is 1.87. The van der Waals surface area contributed by atoms with Gasteiger partial charge in [0.25, 0.3) is 0 Å². The highest BCUT2D eigenvalue weighted by atomic mass is 32.2. The number of phenolic OH excluding ortho intramolecular Hbond substituents is 1. The number of guanidine groups is 1. The molecule has 10 atom stereocenters. The maximum atomic E-state index is 14.3. The summed E-state index contributed by atoms with van der Waals surface area (Å²) in [7, 11) is 0. The van der Waals surface area contributed by atoms with Crippen molar-refractivity contribution in [1.82, 2.24) is 47.4 Å². The third-order valence-electron chi connectivity index (χ3n) is 14.3. The molecule has 0 spiro atoms. The van der Waals surface area contributed by atoms with E-state index in [-0.39, 0.29) is 101 Å². The predicted octanol–water partition coefficient (Wildman–Crippen LogP) is -3.83. The monoisotopic (exact) mass is 1280 g/mol. The van der Waals surface area contributed by atoms with Crippen LogP contribution < -0.4 is 71.2 Å². The number of aromatic hydroxyl groups is 1. The number of carboxylic acids is 2. The summed E-state index contributed by atoms with van der Waals surface area (Å²) < 4.78 is 0. The Labute approximate surface area is 525 Å². The number of amides is 10. The van der Waals surface area contributed by atoms with E-state index in [2.05, 4.69) is 47.5 Å².